The van der Waals surface area contributed by atoms with Crippen molar-refractivity contribution >= 4 is 0 Å². The van der Waals surface area contributed by atoms with Gasteiger partial charge in [-0.2, -0.15) is 0 Å². The molecule has 2 saturated carbocycles. The summed E-state index contributed by atoms with van der Waals surface area (Å²) in [6.07, 6.45) is 27.9. The number of hydrogen-bond donors (Lipinski definition) is 1. The van der Waals surface area contributed by atoms with E-state index in [-0.39, 0.29) is 24.3 Å². The highest BCUT2D eigenvalue weighted by Crippen LogP contribution is 2.45. The monoisotopic (exact) mass is 596 g/mol. The molecule has 0 radical (unpaired) electrons. The first-order valence-electron chi connectivity index (χ1n) is 17.8. The van der Waals surface area contributed by atoms with Gasteiger partial charge in [-0.1, -0.05) is 75.1 Å². The van der Waals surface area contributed by atoms with E-state index in [9.17, 15) is 5.11 Å². The number of halogens is 1. The van der Waals surface area contributed by atoms with Crippen molar-refractivity contribution in [1.82, 2.24) is 0 Å². The zero-order valence-corrected chi connectivity index (χ0v) is 27.6. The minimum absolute atomic E-state index is 0.0314. The Balaban J connectivity index is 1.20. The SMILES string of the molecule is C=C(CO)CC(COC)COC1CCC(C2CCC(C3=C(F)CC(C4=C(CC)CC(CCCCC)C=C4)C=C3)CC2)CC1. The first-order chi connectivity index (χ1) is 20.9. The molecule has 1 N–H and O–H groups in total. The Kier molecular flexibility index (Phi) is 14.3. The van der Waals surface area contributed by atoms with Gasteiger partial charge in [-0.15, -0.1) is 0 Å². The fraction of sp³-hybridized carbons (Fsp3) is 0.744. The Morgan fingerprint density at radius 1 is 0.930 bits per heavy atom. The third-order valence-corrected chi connectivity index (χ3v) is 11.1. The normalized spacial score (nSPS) is 30.6. The molecule has 3 nitrogen and oxygen atoms in total. The highest BCUT2D eigenvalue weighted by atomic mass is 19.1. The van der Waals surface area contributed by atoms with Gasteiger partial charge in [-0.3, -0.25) is 0 Å². The number of aliphatic hydroxyl groups is 1. The Hall–Kier alpha value is -1.49. The van der Waals surface area contributed by atoms with Gasteiger partial charge in [0.25, 0.3) is 0 Å². The molecule has 0 aliphatic heterocycles. The fourth-order valence-corrected chi connectivity index (χ4v) is 8.48. The van der Waals surface area contributed by atoms with Crippen LogP contribution in [-0.2, 0) is 9.47 Å². The summed E-state index contributed by atoms with van der Waals surface area (Å²) in [5.74, 6) is 3.26. The van der Waals surface area contributed by atoms with Crippen molar-refractivity contribution < 1.29 is 19.0 Å². The highest BCUT2D eigenvalue weighted by Gasteiger charge is 2.34. The van der Waals surface area contributed by atoms with Crippen LogP contribution in [0.25, 0.3) is 0 Å². The van der Waals surface area contributed by atoms with Crippen LogP contribution in [0.2, 0.25) is 0 Å². The lowest BCUT2D eigenvalue weighted by Gasteiger charge is -2.38. The standard InChI is InChI=1S/C39H61FO3/c1-5-7-8-9-29-10-20-37(31(6-2)23-29)35-17-21-38(39(40)24-35)34-13-11-32(12-14-34)33-15-18-36(19-16-33)43-27-30(26-42-4)22-28(3)25-41/h10,17,20-21,29-30,32-36,41H,3,5-9,11-16,18-19,22-27H2,1-2,4H3. The van der Waals surface area contributed by atoms with Crippen LogP contribution in [-0.4, -0.2) is 38.1 Å². The zero-order chi connectivity index (χ0) is 30.6. The second kappa shape index (κ2) is 17.9. The van der Waals surface area contributed by atoms with Gasteiger partial charge in [0, 0.05) is 25.4 Å². The van der Waals surface area contributed by atoms with Gasteiger partial charge in [0.2, 0.25) is 0 Å². The molecule has 4 rings (SSSR count). The molecule has 0 saturated heterocycles. The van der Waals surface area contributed by atoms with Crippen molar-refractivity contribution in [2.75, 3.05) is 26.9 Å². The van der Waals surface area contributed by atoms with E-state index in [1.807, 2.05) is 0 Å². The lowest BCUT2D eigenvalue weighted by atomic mass is 9.68. The van der Waals surface area contributed by atoms with Gasteiger partial charge in [-0.25, -0.2) is 4.39 Å². The van der Waals surface area contributed by atoms with Crippen LogP contribution < -0.4 is 0 Å². The molecule has 0 bridgehead atoms. The van der Waals surface area contributed by atoms with Gasteiger partial charge in [0.15, 0.2) is 0 Å². The van der Waals surface area contributed by atoms with E-state index in [1.165, 1.54) is 63.4 Å². The van der Waals surface area contributed by atoms with Crippen LogP contribution in [0.5, 0.6) is 0 Å². The van der Waals surface area contributed by atoms with Gasteiger partial charge in [-0.05, 0) is 112 Å². The number of rotatable bonds is 16. The Labute approximate surface area is 262 Å². The van der Waals surface area contributed by atoms with E-state index in [1.54, 1.807) is 12.7 Å². The molecule has 242 valence electrons. The lowest BCUT2D eigenvalue weighted by Crippen LogP contribution is -2.30. The molecular formula is C39H61FO3. The molecule has 4 aliphatic rings. The van der Waals surface area contributed by atoms with E-state index in [4.69, 9.17) is 9.47 Å². The van der Waals surface area contributed by atoms with E-state index in [2.05, 4.69) is 44.7 Å². The number of hydrogen-bond acceptors (Lipinski definition) is 3. The topological polar surface area (TPSA) is 38.7 Å². The largest absolute Gasteiger partial charge is 0.392 e. The van der Waals surface area contributed by atoms with Crippen molar-refractivity contribution in [3.63, 3.8) is 0 Å². The molecule has 0 heterocycles. The highest BCUT2D eigenvalue weighted by molar-refractivity contribution is 5.40. The minimum Gasteiger partial charge on any atom is -0.392 e. The average Bonchev–Trinajstić information content (AvgIpc) is 3.04. The predicted octanol–water partition coefficient (Wildman–Crippen LogP) is 10.2. The molecule has 43 heavy (non-hydrogen) atoms. The maximum absolute atomic E-state index is 15.7. The third-order valence-electron chi connectivity index (χ3n) is 11.1. The van der Waals surface area contributed by atoms with Crippen molar-refractivity contribution in [3.05, 3.63) is 59.0 Å². The van der Waals surface area contributed by atoms with Crippen molar-refractivity contribution in [1.29, 1.82) is 0 Å². The molecule has 4 aliphatic carbocycles. The molecule has 0 aromatic carbocycles. The van der Waals surface area contributed by atoms with E-state index < -0.39 is 0 Å². The Bertz CT molecular complexity index is 990. The van der Waals surface area contributed by atoms with Crippen molar-refractivity contribution in [2.45, 2.75) is 123 Å². The number of methoxy groups -OCH3 is 1. The summed E-state index contributed by atoms with van der Waals surface area (Å²) in [6, 6.07) is 0. The van der Waals surface area contributed by atoms with Crippen LogP contribution in [0.1, 0.15) is 117 Å². The molecule has 0 aromatic rings. The van der Waals surface area contributed by atoms with Gasteiger partial charge >= 0.3 is 0 Å². The van der Waals surface area contributed by atoms with Gasteiger partial charge < -0.3 is 14.6 Å². The molecular weight excluding hydrogens is 535 g/mol. The summed E-state index contributed by atoms with van der Waals surface area (Å²) in [7, 11) is 1.72. The summed E-state index contributed by atoms with van der Waals surface area (Å²) in [5.41, 5.74) is 4.81. The van der Waals surface area contributed by atoms with E-state index >= 15 is 4.39 Å². The third kappa shape index (κ3) is 10.00. The van der Waals surface area contributed by atoms with E-state index in [0.29, 0.717) is 37.6 Å². The summed E-state index contributed by atoms with van der Waals surface area (Å²) >= 11 is 0. The second-order valence-electron chi connectivity index (χ2n) is 14.2. The van der Waals surface area contributed by atoms with Crippen LogP contribution in [0.15, 0.2) is 59.0 Å². The summed E-state index contributed by atoms with van der Waals surface area (Å²) in [5, 5.41) is 9.33. The molecule has 3 atom stereocenters. The van der Waals surface area contributed by atoms with Gasteiger partial charge in [0.1, 0.15) is 5.83 Å². The quantitative estimate of drug-likeness (QED) is 0.142. The summed E-state index contributed by atoms with van der Waals surface area (Å²) < 4.78 is 27.3. The Morgan fingerprint density at radius 2 is 1.63 bits per heavy atom. The molecule has 3 unspecified atom stereocenters. The molecule has 4 heteroatoms. The van der Waals surface area contributed by atoms with Crippen LogP contribution >= 0.6 is 0 Å². The molecule has 2 fully saturated rings. The van der Waals surface area contributed by atoms with Crippen LogP contribution in [0.3, 0.4) is 0 Å². The Morgan fingerprint density at radius 3 is 2.26 bits per heavy atom. The van der Waals surface area contributed by atoms with Crippen molar-refractivity contribution in [2.24, 2.45) is 35.5 Å². The lowest BCUT2D eigenvalue weighted by molar-refractivity contribution is -0.0216. The minimum atomic E-state index is 0.0314. The van der Waals surface area contributed by atoms with Crippen LogP contribution in [0.4, 0.5) is 4.39 Å². The van der Waals surface area contributed by atoms with E-state index in [0.717, 1.165) is 61.5 Å². The zero-order valence-electron chi connectivity index (χ0n) is 27.6. The maximum atomic E-state index is 15.7. The van der Waals surface area contributed by atoms with Gasteiger partial charge in [0.05, 0.1) is 25.9 Å². The number of ether oxygens (including phenoxy) is 2. The smallest absolute Gasteiger partial charge is 0.104 e. The fourth-order valence-electron chi connectivity index (χ4n) is 8.48. The van der Waals surface area contributed by atoms with Crippen LogP contribution in [0, 0.1) is 35.5 Å². The summed E-state index contributed by atoms with van der Waals surface area (Å²) in [4.78, 5) is 0. The molecule has 0 amide bonds. The maximum Gasteiger partial charge on any atom is 0.104 e. The molecule has 0 spiro atoms. The molecule has 0 aromatic heterocycles. The average molecular weight is 597 g/mol. The van der Waals surface area contributed by atoms with Crippen molar-refractivity contribution in [3.8, 4) is 0 Å². The first kappa shape index (κ1) is 34.4. The second-order valence-corrected chi connectivity index (χ2v) is 14.2. The predicted molar refractivity (Wildman–Crippen MR) is 177 cm³/mol. The number of aliphatic hydroxyl groups excluding tert-OH is 1. The number of allylic oxidation sites excluding steroid dienone is 8. The first-order valence-corrected chi connectivity index (χ1v) is 17.8. The summed E-state index contributed by atoms with van der Waals surface area (Å²) in [6.45, 7) is 9.83. The number of unbranched alkanes of at least 4 members (excludes halogenated alkanes) is 2.